The van der Waals surface area contributed by atoms with Gasteiger partial charge >= 0.3 is 5.97 Å². The van der Waals surface area contributed by atoms with Crippen molar-refractivity contribution in [2.75, 3.05) is 50.9 Å². The molecule has 0 unspecified atom stereocenters. The SMILES string of the molecule is Cn1c(N2CCOCC2)nc2cc(C(=O)N3CCO[C@H](C(=O)O)C3)ccc21. The number of aliphatic carboxylic acids is 1. The molecule has 1 amide bonds. The highest BCUT2D eigenvalue weighted by molar-refractivity contribution is 5.98. The summed E-state index contributed by atoms with van der Waals surface area (Å²) in [6.45, 7) is 3.56. The molecule has 2 aromatic rings. The molecule has 9 nitrogen and oxygen atoms in total. The van der Waals surface area contributed by atoms with Gasteiger partial charge in [-0.15, -0.1) is 0 Å². The second-order valence-corrected chi connectivity index (χ2v) is 6.72. The van der Waals surface area contributed by atoms with E-state index in [1.165, 1.54) is 4.90 Å². The smallest absolute Gasteiger partial charge is 0.334 e. The van der Waals surface area contributed by atoms with Crippen molar-refractivity contribution in [2.24, 2.45) is 7.05 Å². The Morgan fingerprint density at radius 2 is 1.96 bits per heavy atom. The second-order valence-electron chi connectivity index (χ2n) is 6.72. The molecule has 1 atom stereocenters. The summed E-state index contributed by atoms with van der Waals surface area (Å²) in [5.74, 6) is -0.400. The fourth-order valence-corrected chi connectivity index (χ4v) is 3.53. The van der Waals surface area contributed by atoms with Gasteiger partial charge in [-0.25, -0.2) is 9.78 Å². The van der Waals surface area contributed by atoms with Crippen molar-refractivity contribution >= 4 is 28.9 Å². The highest BCUT2D eigenvalue weighted by Crippen LogP contribution is 2.24. The molecule has 2 aliphatic heterocycles. The maximum absolute atomic E-state index is 12.8. The third kappa shape index (κ3) is 3.35. The van der Waals surface area contributed by atoms with Gasteiger partial charge < -0.3 is 28.9 Å². The maximum Gasteiger partial charge on any atom is 0.334 e. The minimum absolute atomic E-state index is 0.0491. The van der Waals surface area contributed by atoms with Gasteiger partial charge in [0.1, 0.15) is 0 Å². The largest absolute Gasteiger partial charge is 0.479 e. The molecule has 0 radical (unpaired) electrons. The molecule has 2 saturated heterocycles. The molecule has 27 heavy (non-hydrogen) atoms. The Labute approximate surface area is 156 Å². The van der Waals surface area contributed by atoms with E-state index in [2.05, 4.69) is 4.90 Å². The first-order valence-electron chi connectivity index (χ1n) is 8.97. The molecule has 0 saturated carbocycles. The predicted octanol–water partition coefficient (Wildman–Crippen LogP) is 0.336. The number of hydrogen-bond donors (Lipinski definition) is 1. The molecule has 2 fully saturated rings. The lowest BCUT2D eigenvalue weighted by Crippen LogP contribution is -2.48. The Bertz CT molecular complexity index is 874. The van der Waals surface area contributed by atoms with E-state index < -0.39 is 12.1 Å². The summed E-state index contributed by atoms with van der Waals surface area (Å²) in [5, 5.41) is 9.12. The number of imidazole rings is 1. The summed E-state index contributed by atoms with van der Waals surface area (Å²) >= 11 is 0. The van der Waals surface area contributed by atoms with E-state index in [-0.39, 0.29) is 19.1 Å². The van der Waals surface area contributed by atoms with Crippen LogP contribution in [0, 0.1) is 0 Å². The fraction of sp³-hybridized carbons (Fsp3) is 0.500. The molecule has 1 aromatic carbocycles. The number of amides is 1. The van der Waals surface area contributed by atoms with E-state index in [0.717, 1.165) is 30.1 Å². The van der Waals surface area contributed by atoms with Crippen LogP contribution in [-0.4, -0.2) is 83.5 Å². The topological polar surface area (TPSA) is 97.1 Å². The number of morpholine rings is 2. The Balaban J connectivity index is 1.59. The first-order chi connectivity index (χ1) is 13.0. The van der Waals surface area contributed by atoms with Gasteiger partial charge in [0.05, 0.1) is 37.4 Å². The van der Waals surface area contributed by atoms with Crippen molar-refractivity contribution in [3.05, 3.63) is 23.8 Å². The summed E-state index contributed by atoms with van der Waals surface area (Å²) in [6, 6.07) is 5.42. The molecule has 1 N–H and O–H groups in total. The number of carbonyl (C=O) groups excluding carboxylic acids is 1. The number of benzene rings is 1. The Morgan fingerprint density at radius 3 is 2.70 bits per heavy atom. The Hall–Kier alpha value is -2.65. The van der Waals surface area contributed by atoms with Gasteiger partial charge in [0, 0.05) is 32.2 Å². The summed E-state index contributed by atoms with van der Waals surface area (Å²) in [4.78, 5) is 32.4. The van der Waals surface area contributed by atoms with Gasteiger partial charge in [-0.2, -0.15) is 0 Å². The summed E-state index contributed by atoms with van der Waals surface area (Å²) < 4.78 is 12.6. The molecule has 3 heterocycles. The molecular weight excluding hydrogens is 352 g/mol. The number of carbonyl (C=O) groups is 2. The number of ether oxygens (including phenoxy) is 2. The molecule has 0 aliphatic carbocycles. The van der Waals surface area contributed by atoms with Gasteiger partial charge in [0.15, 0.2) is 6.10 Å². The van der Waals surface area contributed by atoms with Crippen LogP contribution in [-0.2, 0) is 21.3 Å². The van der Waals surface area contributed by atoms with E-state index in [0.29, 0.717) is 25.3 Å². The number of aromatic nitrogens is 2. The van der Waals surface area contributed by atoms with Gasteiger partial charge in [-0.1, -0.05) is 0 Å². The van der Waals surface area contributed by atoms with Crippen molar-refractivity contribution in [2.45, 2.75) is 6.10 Å². The number of nitrogens with zero attached hydrogens (tertiary/aromatic N) is 4. The van der Waals surface area contributed by atoms with Crippen LogP contribution in [0.25, 0.3) is 11.0 Å². The Kier molecular flexibility index (Phi) is 4.71. The number of carboxylic acids is 1. The van der Waals surface area contributed by atoms with Crippen LogP contribution in [0.5, 0.6) is 0 Å². The number of hydrogen-bond acceptors (Lipinski definition) is 6. The number of carboxylic acid groups (broad SMARTS) is 1. The summed E-state index contributed by atoms with van der Waals surface area (Å²) in [7, 11) is 1.96. The average molecular weight is 374 g/mol. The zero-order chi connectivity index (χ0) is 19.0. The molecule has 0 bridgehead atoms. The van der Waals surface area contributed by atoms with Crippen LogP contribution >= 0.6 is 0 Å². The van der Waals surface area contributed by atoms with Crippen molar-refractivity contribution < 1.29 is 24.2 Å². The quantitative estimate of drug-likeness (QED) is 0.827. The lowest BCUT2D eigenvalue weighted by molar-refractivity contribution is -0.154. The van der Waals surface area contributed by atoms with Crippen LogP contribution in [0.1, 0.15) is 10.4 Å². The average Bonchev–Trinajstić information content (AvgIpc) is 3.04. The first kappa shape index (κ1) is 17.7. The third-order valence-electron chi connectivity index (χ3n) is 5.03. The lowest BCUT2D eigenvalue weighted by Gasteiger charge is -2.30. The van der Waals surface area contributed by atoms with Crippen LogP contribution in [0.2, 0.25) is 0 Å². The van der Waals surface area contributed by atoms with E-state index in [4.69, 9.17) is 19.6 Å². The van der Waals surface area contributed by atoms with Crippen LogP contribution in [0.4, 0.5) is 5.95 Å². The second kappa shape index (κ2) is 7.16. The number of anilines is 1. The molecular formula is C18H22N4O5. The molecule has 0 spiro atoms. The molecule has 2 aliphatic rings. The molecule has 9 heteroatoms. The maximum atomic E-state index is 12.8. The molecule has 144 valence electrons. The van der Waals surface area contributed by atoms with Crippen molar-refractivity contribution in [3.8, 4) is 0 Å². The van der Waals surface area contributed by atoms with Crippen LogP contribution in [0.3, 0.4) is 0 Å². The Morgan fingerprint density at radius 1 is 1.19 bits per heavy atom. The van der Waals surface area contributed by atoms with Crippen molar-refractivity contribution in [1.82, 2.24) is 14.5 Å². The van der Waals surface area contributed by atoms with Gasteiger partial charge in [-0.3, -0.25) is 4.79 Å². The lowest BCUT2D eigenvalue weighted by atomic mass is 10.1. The third-order valence-corrected chi connectivity index (χ3v) is 5.03. The molecule has 1 aromatic heterocycles. The summed E-state index contributed by atoms with van der Waals surface area (Å²) in [6.07, 6.45) is -0.978. The van der Waals surface area contributed by atoms with Gasteiger partial charge in [-0.05, 0) is 18.2 Å². The van der Waals surface area contributed by atoms with E-state index in [1.807, 2.05) is 17.7 Å². The number of fused-ring (bicyclic) bond motifs is 1. The minimum Gasteiger partial charge on any atom is -0.479 e. The monoisotopic (exact) mass is 374 g/mol. The fourth-order valence-electron chi connectivity index (χ4n) is 3.53. The van der Waals surface area contributed by atoms with Crippen LogP contribution < -0.4 is 4.90 Å². The zero-order valence-electron chi connectivity index (χ0n) is 15.1. The van der Waals surface area contributed by atoms with E-state index in [9.17, 15) is 9.59 Å². The normalized spacial score (nSPS) is 20.9. The number of rotatable bonds is 3. The standard InChI is InChI=1S/C18H22N4O5/c1-20-14-3-2-12(16(23)22-6-9-27-15(11-22)17(24)25)10-13(14)19-18(20)21-4-7-26-8-5-21/h2-3,10,15H,4-9,11H2,1H3,(H,24,25)/t15-/m0/s1. The first-order valence-corrected chi connectivity index (χ1v) is 8.97. The van der Waals surface area contributed by atoms with Gasteiger partial charge in [0.25, 0.3) is 5.91 Å². The molecule has 4 rings (SSSR count). The zero-order valence-corrected chi connectivity index (χ0v) is 15.1. The highest BCUT2D eigenvalue weighted by atomic mass is 16.5. The number of aryl methyl sites for hydroxylation is 1. The highest BCUT2D eigenvalue weighted by Gasteiger charge is 2.29. The summed E-state index contributed by atoms with van der Waals surface area (Å²) in [5.41, 5.74) is 2.19. The van der Waals surface area contributed by atoms with E-state index >= 15 is 0 Å². The predicted molar refractivity (Wildman–Crippen MR) is 97.0 cm³/mol. The van der Waals surface area contributed by atoms with Crippen molar-refractivity contribution in [3.63, 3.8) is 0 Å². The van der Waals surface area contributed by atoms with Crippen molar-refractivity contribution in [1.29, 1.82) is 0 Å². The van der Waals surface area contributed by atoms with E-state index in [1.54, 1.807) is 12.1 Å². The van der Waals surface area contributed by atoms with Gasteiger partial charge in [0.2, 0.25) is 5.95 Å². The van der Waals surface area contributed by atoms with Crippen LogP contribution in [0.15, 0.2) is 18.2 Å². The minimum atomic E-state index is -1.05.